The first kappa shape index (κ1) is 10.1. The molecule has 0 aromatic heterocycles. The Balaban J connectivity index is 2.60. The lowest BCUT2D eigenvalue weighted by atomic mass is 10.0. The second kappa shape index (κ2) is 4.90. The number of hydrogen-bond donors (Lipinski definition) is 0. The van der Waals surface area contributed by atoms with Gasteiger partial charge in [-0.2, -0.15) is 0 Å². The number of rotatable bonds is 2. The number of carbonyl (C=O) groups excluding carboxylic acids is 1. The zero-order chi connectivity index (χ0) is 9.68. The summed E-state index contributed by atoms with van der Waals surface area (Å²) < 4.78 is 4.70. The van der Waals surface area contributed by atoms with Crippen LogP contribution in [0.3, 0.4) is 0 Å². The summed E-state index contributed by atoms with van der Waals surface area (Å²) in [6.45, 7) is 2.13. The maximum atomic E-state index is 11.3. The first-order valence-electron chi connectivity index (χ1n) is 4.82. The molecule has 0 spiro atoms. The smallest absolute Gasteiger partial charge is 0.413 e. The molecule has 1 amide bonds. The van der Waals surface area contributed by atoms with Gasteiger partial charge in [0.15, 0.2) is 0 Å². The number of carbonyl (C=O) groups is 1. The normalized spacial score (nSPS) is 21.7. The Kier molecular flexibility index (Phi) is 3.80. The molecule has 0 radical (unpaired) electrons. The zero-order valence-corrected chi connectivity index (χ0v) is 8.32. The van der Waals surface area contributed by atoms with Crippen LogP contribution in [0.5, 0.6) is 0 Å². The molecule has 0 aliphatic carbocycles. The van der Waals surface area contributed by atoms with E-state index in [2.05, 4.69) is 6.92 Å². The predicted molar refractivity (Wildman–Crippen MR) is 51.3 cm³/mol. The van der Waals surface area contributed by atoms with Crippen LogP contribution in [-0.2, 0) is 4.74 Å². The molecule has 1 atom stereocenters. The maximum Gasteiger partial charge on any atom is 0.413 e. The third-order valence-corrected chi connectivity index (χ3v) is 2.33. The number of hydrogen-bond acceptors (Lipinski definition) is 2. The highest BCUT2D eigenvalue weighted by Gasteiger charge is 2.23. The van der Waals surface area contributed by atoms with Crippen molar-refractivity contribution in [1.82, 2.24) is 4.90 Å². The first-order valence-corrected chi connectivity index (χ1v) is 4.82. The van der Waals surface area contributed by atoms with E-state index in [1.54, 1.807) is 4.90 Å². The van der Waals surface area contributed by atoms with Crippen LogP contribution in [0.1, 0.15) is 32.6 Å². The molecule has 3 nitrogen and oxygen atoms in total. The van der Waals surface area contributed by atoms with Crippen molar-refractivity contribution in [2.45, 2.75) is 38.6 Å². The third-order valence-electron chi connectivity index (χ3n) is 2.33. The molecule has 1 aliphatic heterocycles. The van der Waals surface area contributed by atoms with Gasteiger partial charge in [-0.25, -0.2) is 4.79 Å². The summed E-state index contributed by atoms with van der Waals surface area (Å²) in [5, 5.41) is 0. The van der Waals surface area contributed by atoms with E-state index in [0.717, 1.165) is 25.7 Å². The van der Waals surface area contributed by atoms with Crippen LogP contribution in [0.15, 0.2) is 12.3 Å². The molecule has 74 valence electrons. The molecular weight excluding hydrogens is 166 g/mol. The predicted octanol–water partition coefficient (Wildman–Crippen LogP) is 2.53. The quantitative estimate of drug-likeness (QED) is 0.658. The zero-order valence-electron chi connectivity index (χ0n) is 8.32. The molecule has 0 aromatic carbocycles. The van der Waals surface area contributed by atoms with E-state index in [9.17, 15) is 4.79 Å². The monoisotopic (exact) mass is 183 g/mol. The highest BCUT2D eigenvalue weighted by molar-refractivity contribution is 5.69. The van der Waals surface area contributed by atoms with Gasteiger partial charge < -0.3 is 4.74 Å². The summed E-state index contributed by atoms with van der Waals surface area (Å²) in [6.07, 6.45) is 7.90. The van der Waals surface area contributed by atoms with Gasteiger partial charge in [0.05, 0.1) is 7.11 Å². The Bertz CT molecular complexity index is 201. The van der Waals surface area contributed by atoms with E-state index in [1.165, 1.54) is 7.11 Å². The standard InChI is InChI=1S/C10H17NO2/c1-3-6-9-7-4-5-8-11(9)10(12)13-2/h5,8-9H,3-4,6-7H2,1-2H3/t9-/m0/s1. The summed E-state index contributed by atoms with van der Waals surface area (Å²) in [5.41, 5.74) is 0. The number of amides is 1. The summed E-state index contributed by atoms with van der Waals surface area (Å²) in [7, 11) is 1.42. The Morgan fingerprint density at radius 3 is 3.08 bits per heavy atom. The lowest BCUT2D eigenvalue weighted by molar-refractivity contribution is 0.119. The number of ether oxygens (including phenoxy) is 1. The molecule has 13 heavy (non-hydrogen) atoms. The fourth-order valence-electron chi connectivity index (χ4n) is 1.67. The molecule has 1 heterocycles. The minimum Gasteiger partial charge on any atom is -0.452 e. The summed E-state index contributed by atoms with van der Waals surface area (Å²) >= 11 is 0. The van der Waals surface area contributed by atoms with E-state index < -0.39 is 0 Å². The van der Waals surface area contributed by atoms with E-state index in [0.29, 0.717) is 6.04 Å². The minimum absolute atomic E-state index is 0.241. The van der Waals surface area contributed by atoms with E-state index in [4.69, 9.17) is 4.74 Å². The molecule has 1 rings (SSSR count). The average Bonchev–Trinajstić information content (AvgIpc) is 2.18. The average molecular weight is 183 g/mol. The van der Waals surface area contributed by atoms with Crippen LogP contribution in [-0.4, -0.2) is 24.1 Å². The van der Waals surface area contributed by atoms with Crippen molar-refractivity contribution in [3.05, 3.63) is 12.3 Å². The molecule has 0 N–H and O–H groups in total. The largest absolute Gasteiger partial charge is 0.452 e. The van der Waals surface area contributed by atoms with Gasteiger partial charge in [-0.1, -0.05) is 19.4 Å². The van der Waals surface area contributed by atoms with E-state index in [-0.39, 0.29) is 6.09 Å². The van der Waals surface area contributed by atoms with Crippen molar-refractivity contribution >= 4 is 6.09 Å². The topological polar surface area (TPSA) is 29.5 Å². The van der Waals surface area contributed by atoms with Crippen LogP contribution < -0.4 is 0 Å². The Morgan fingerprint density at radius 2 is 2.46 bits per heavy atom. The SMILES string of the molecule is CCC[C@H]1CCC=CN1C(=O)OC. The Labute approximate surface area is 79.4 Å². The molecular formula is C10H17NO2. The van der Waals surface area contributed by atoms with Gasteiger partial charge >= 0.3 is 6.09 Å². The van der Waals surface area contributed by atoms with Crippen LogP contribution in [0.2, 0.25) is 0 Å². The van der Waals surface area contributed by atoms with Crippen molar-refractivity contribution in [1.29, 1.82) is 0 Å². The molecule has 3 heteroatoms. The molecule has 0 saturated heterocycles. The fraction of sp³-hybridized carbons (Fsp3) is 0.700. The third kappa shape index (κ3) is 2.47. The van der Waals surface area contributed by atoms with Crippen LogP contribution >= 0.6 is 0 Å². The number of methoxy groups -OCH3 is 1. The van der Waals surface area contributed by atoms with Gasteiger partial charge in [0, 0.05) is 12.2 Å². The summed E-state index contributed by atoms with van der Waals surface area (Å²) in [6, 6.07) is 0.336. The number of allylic oxidation sites excluding steroid dienone is 1. The Hall–Kier alpha value is -0.990. The molecule has 0 bridgehead atoms. The van der Waals surface area contributed by atoms with E-state index >= 15 is 0 Å². The van der Waals surface area contributed by atoms with Crippen LogP contribution in [0, 0.1) is 0 Å². The first-order chi connectivity index (χ1) is 6.29. The molecule has 1 aliphatic rings. The minimum atomic E-state index is -0.241. The molecule has 0 saturated carbocycles. The molecule has 0 fully saturated rings. The van der Waals surface area contributed by atoms with Crippen LogP contribution in [0.25, 0.3) is 0 Å². The van der Waals surface area contributed by atoms with Crippen molar-refractivity contribution < 1.29 is 9.53 Å². The lowest BCUT2D eigenvalue weighted by Gasteiger charge is -2.29. The van der Waals surface area contributed by atoms with Gasteiger partial charge in [-0.15, -0.1) is 0 Å². The summed E-state index contributed by atoms with van der Waals surface area (Å²) in [4.78, 5) is 13.0. The van der Waals surface area contributed by atoms with Crippen molar-refractivity contribution in [2.24, 2.45) is 0 Å². The molecule has 0 unspecified atom stereocenters. The number of nitrogens with zero attached hydrogens (tertiary/aromatic N) is 1. The highest BCUT2D eigenvalue weighted by atomic mass is 16.5. The maximum absolute atomic E-state index is 11.3. The molecule has 0 aromatic rings. The van der Waals surface area contributed by atoms with Crippen molar-refractivity contribution in [2.75, 3.05) is 7.11 Å². The second-order valence-electron chi connectivity index (χ2n) is 3.28. The van der Waals surface area contributed by atoms with Gasteiger partial charge in [0.2, 0.25) is 0 Å². The lowest BCUT2D eigenvalue weighted by Crippen LogP contribution is -2.37. The second-order valence-corrected chi connectivity index (χ2v) is 3.28. The Morgan fingerprint density at radius 1 is 1.69 bits per heavy atom. The van der Waals surface area contributed by atoms with Gasteiger partial charge in [-0.05, 0) is 19.3 Å². The van der Waals surface area contributed by atoms with E-state index in [1.807, 2.05) is 12.3 Å². The van der Waals surface area contributed by atoms with Crippen molar-refractivity contribution in [3.63, 3.8) is 0 Å². The van der Waals surface area contributed by atoms with Crippen molar-refractivity contribution in [3.8, 4) is 0 Å². The van der Waals surface area contributed by atoms with Crippen LogP contribution in [0.4, 0.5) is 4.79 Å². The summed E-state index contributed by atoms with van der Waals surface area (Å²) in [5.74, 6) is 0. The van der Waals surface area contributed by atoms with Gasteiger partial charge in [0.25, 0.3) is 0 Å². The highest BCUT2D eigenvalue weighted by Crippen LogP contribution is 2.19. The van der Waals surface area contributed by atoms with Gasteiger partial charge in [0.1, 0.15) is 0 Å². The van der Waals surface area contributed by atoms with Gasteiger partial charge in [-0.3, -0.25) is 4.90 Å². The fourth-order valence-corrected chi connectivity index (χ4v) is 1.67.